The lowest BCUT2D eigenvalue weighted by Gasteiger charge is -2.10. The van der Waals surface area contributed by atoms with Gasteiger partial charge in [-0.1, -0.05) is 18.7 Å². The Morgan fingerprint density at radius 3 is 3.06 bits per heavy atom. The van der Waals surface area contributed by atoms with Crippen LogP contribution in [0.3, 0.4) is 0 Å². The van der Waals surface area contributed by atoms with Gasteiger partial charge < -0.3 is 5.32 Å². The second-order valence-corrected chi connectivity index (χ2v) is 4.27. The Balaban J connectivity index is 2.40. The van der Waals surface area contributed by atoms with Crippen molar-refractivity contribution in [3.8, 4) is 0 Å². The fourth-order valence-electron chi connectivity index (χ4n) is 0.914. The first kappa shape index (κ1) is 12.7. The zero-order chi connectivity index (χ0) is 12.0. The number of carbonyl (C=O) groups excluding carboxylic acids is 1. The summed E-state index contributed by atoms with van der Waals surface area (Å²) in [6.07, 6.45) is 1.97. The molecule has 1 unspecified atom stereocenters. The van der Waals surface area contributed by atoms with E-state index in [1.807, 2.05) is 13.8 Å². The molecule has 1 aromatic heterocycles. The van der Waals surface area contributed by atoms with Crippen LogP contribution >= 0.6 is 11.8 Å². The zero-order valence-corrected chi connectivity index (χ0v) is 10.0. The Labute approximate surface area is 97.2 Å². The molecular formula is C9H14N4O2S. The average molecular weight is 242 g/mol. The molecule has 0 spiro atoms. The van der Waals surface area contributed by atoms with Crippen LogP contribution in [0.4, 0.5) is 0 Å². The van der Waals surface area contributed by atoms with E-state index in [1.54, 1.807) is 0 Å². The number of H-pyrrole nitrogens is 1. The standard InChI is InChI=1S/C9H14N4O2S/c1-3-6(2)11-8(15)5-16-9-12-7(14)4-10-13-9/h4,6H,3,5H2,1-2H3,(H,11,15)(H,12,13,14). The van der Waals surface area contributed by atoms with Gasteiger partial charge in [0.1, 0.15) is 6.20 Å². The lowest BCUT2D eigenvalue weighted by atomic mass is 10.3. The normalized spacial score (nSPS) is 12.1. The van der Waals surface area contributed by atoms with Crippen LogP contribution < -0.4 is 10.9 Å². The molecule has 1 aromatic rings. The molecule has 2 N–H and O–H groups in total. The first-order valence-electron chi connectivity index (χ1n) is 4.96. The second kappa shape index (κ2) is 6.26. The van der Waals surface area contributed by atoms with Crippen molar-refractivity contribution >= 4 is 17.7 Å². The highest BCUT2D eigenvalue weighted by molar-refractivity contribution is 7.99. The highest BCUT2D eigenvalue weighted by Gasteiger charge is 2.07. The Morgan fingerprint density at radius 1 is 1.69 bits per heavy atom. The molecule has 88 valence electrons. The Hall–Kier alpha value is -1.37. The first-order valence-corrected chi connectivity index (χ1v) is 5.94. The van der Waals surface area contributed by atoms with Crippen LogP contribution in [0.1, 0.15) is 20.3 Å². The number of aromatic amines is 1. The van der Waals surface area contributed by atoms with E-state index in [1.165, 1.54) is 0 Å². The average Bonchev–Trinajstić information content (AvgIpc) is 2.26. The van der Waals surface area contributed by atoms with Crippen molar-refractivity contribution in [1.82, 2.24) is 20.5 Å². The Morgan fingerprint density at radius 2 is 2.44 bits per heavy atom. The van der Waals surface area contributed by atoms with Gasteiger partial charge in [0.2, 0.25) is 5.91 Å². The van der Waals surface area contributed by atoms with Gasteiger partial charge >= 0.3 is 0 Å². The van der Waals surface area contributed by atoms with Crippen LogP contribution in [0.15, 0.2) is 16.1 Å². The van der Waals surface area contributed by atoms with Crippen LogP contribution in [0.25, 0.3) is 0 Å². The van der Waals surface area contributed by atoms with Gasteiger partial charge in [-0.3, -0.25) is 14.6 Å². The summed E-state index contributed by atoms with van der Waals surface area (Å²) in [5.74, 6) is 0.143. The van der Waals surface area contributed by atoms with Crippen molar-refractivity contribution in [3.63, 3.8) is 0 Å². The maximum Gasteiger partial charge on any atom is 0.270 e. The van der Waals surface area contributed by atoms with Crippen LogP contribution in [0.5, 0.6) is 0 Å². The lowest BCUT2D eigenvalue weighted by molar-refractivity contribution is -0.119. The minimum atomic E-state index is -0.320. The molecule has 1 atom stereocenters. The molecule has 7 heteroatoms. The van der Waals surface area contributed by atoms with E-state index < -0.39 is 0 Å². The van der Waals surface area contributed by atoms with E-state index in [9.17, 15) is 9.59 Å². The molecule has 0 bridgehead atoms. The van der Waals surface area contributed by atoms with Crippen molar-refractivity contribution in [2.24, 2.45) is 0 Å². The van der Waals surface area contributed by atoms with E-state index in [0.29, 0.717) is 5.16 Å². The summed E-state index contributed by atoms with van der Waals surface area (Å²) < 4.78 is 0. The smallest absolute Gasteiger partial charge is 0.270 e. The Bertz CT molecular complexity index is 406. The second-order valence-electron chi connectivity index (χ2n) is 3.30. The van der Waals surface area contributed by atoms with E-state index in [4.69, 9.17) is 0 Å². The van der Waals surface area contributed by atoms with Crippen molar-refractivity contribution < 1.29 is 4.79 Å². The van der Waals surface area contributed by atoms with Crippen LogP contribution in [0, 0.1) is 0 Å². The molecule has 1 amide bonds. The number of hydrogen-bond acceptors (Lipinski definition) is 5. The van der Waals surface area contributed by atoms with Crippen molar-refractivity contribution in [3.05, 3.63) is 16.6 Å². The molecule has 1 heterocycles. The van der Waals surface area contributed by atoms with Gasteiger partial charge in [-0.05, 0) is 13.3 Å². The van der Waals surface area contributed by atoms with Crippen molar-refractivity contribution in [2.45, 2.75) is 31.5 Å². The summed E-state index contributed by atoms with van der Waals surface area (Å²) in [4.78, 5) is 24.8. The number of nitrogens with zero attached hydrogens (tertiary/aromatic N) is 2. The molecular weight excluding hydrogens is 228 g/mol. The number of amides is 1. The molecule has 0 aliphatic heterocycles. The summed E-state index contributed by atoms with van der Waals surface area (Å²) in [7, 11) is 0. The molecule has 6 nitrogen and oxygen atoms in total. The molecule has 1 rings (SSSR count). The third kappa shape index (κ3) is 4.43. The van der Waals surface area contributed by atoms with E-state index >= 15 is 0 Å². The highest BCUT2D eigenvalue weighted by atomic mass is 32.2. The lowest BCUT2D eigenvalue weighted by Crippen LogP contribution is -2.33. The van der Waals surface area contributed by atoms with Crippen molar-refractivity contribution in [1.29, 1.82) is 0 Å². The van der Waals surface area contributed by atoms with Gasteiger partial charge in [0.25, 0.3) is 5.56 Å². The number of aromatic nitrogens is 3. The van der Waals surface area contributed by atoms with Crippen LogP contribution in [-0.4, -0.2) is 32.9 Å². The number of thioether (sulfide) groups is 1. The molecule has 0 saturated carbocycles. The largest absolute Gasteiger partial charge is 0.353 e. The molecule has 0 aliphatic carbocycles. The van der Waals surface area contributed by atoms with Crippen molar-refractivity contribution in [2.75, 3.05) is 5.75 Å². The predicted molar refractivity (Wildman–Crippen MR) is 61.3 cm³/mol. The minimum absolute atomic E-state index is 0.0779. The van der Waals surface area contributed by atoms with E-state index in [-0.39, 0.29) is 23.3 Å². The molecule has 0 fully saturated rings. The number of hydrogen-bond donors (Lipinski definition) is 2. The van der Waals surface area contributed by atoms with Crippen LogP contribution in [0.2, 0.25) is 0 Å². The maximum absolute atomic E-state index is 11.4. The van der Waals surface area contributed by atoms with E-state index in [2.05, 4.69) is 20.5 Å². The summed E-state index contributed by atoms with van der Waals surface area (Å²) in [6.45, 7) is 3.94. The Kier molecular flexibility index (Phi) is 4.97. The van der Waals surface area contributed by atoms with Gasteiger partial charge in [0.05, 0.1) is 5.75 Å². The molecule has 0 aromatic carbocycles. The molecule has 0 aliphatic rings. The van der Waals surface area contributed by atoms with Gasteiger partial charge in [0, 0.05) is 6.04 Å². The third-order valence-electron chi connectivity index (χ3n) is 1.91. The maximum atomic E-state index is 11.4. The summed E-state index contributed by atoms with van der Waals surface area (Å²) in [5, 5.41) is 10.3. The van der Waals surface area contributed by atoms with Gasteiger partial charge in [0.15, 0.2) is 5.16 Å². The van der Waals surface area contributed by atoms with Gasteiger partial charge in [-0.25, -0.2) is 0 Å². The highest BCUT2D eigenvalue weighted by Crippen LogP contribution is 2.08. The topological polar surface area (TPSA) is 87.7 Å². The fraction of sp³-hybridized carbons (Fsp3) is 0.556. The summed E-state index contributed by atoms with van der Waals surface area (Å²) in [5.41, 5.74) is -0.320. The molecule has 0 radical (unpaired) electrons. The minimum Gasteiger partial charge on any atom is -0.353 e. The zero-order valence-electron chi connectivity index (χ0n) is 9.19. The first-order chi connectivity index (χ1) is 7.61. The van der Waals surface area contributed by atoms with Gasteiger partial charge in [-0.15, -0.1) is 5.10 Å². The fourth-order valence-corrected chi connectivity index (χ4v) is 1.54. The predicted octanol–water partition coefficient (Wildman–Crippen LogP) is 0.172. The third-order valence-corrected chi connectivity index (χ3v) is 2.78. The van der Waals surface area contributed by atoms with Gasteiger partial charge in [-0.2, -0.15) is 5.10 Å². The monoisotopic (exact) mass is 242 g/mol. The summed E-state index contributed by atoms with van der Waals surface area (Å²) in [6, 6.07) is 0.161. The molecule has 16 heavy (non-hydrogen) atoms. The van der Waals surface area contributed by atoms with E-state index in [0.717, 1.165) is 24.4 Å². The summed E-state index contributed by atoms with van der Waals surface area (Å²) >= 11 is 1.15. The number of nitrogens with one attached hydrogen (secondary N) is 2. The van der Waals surface area contributed by atoms with Crippen LogP contribution in [-0.2, 0) is 4.79 Å². The quantitative estimate of drug-likeness (QED) is 0.719. The number of carbonyl (C=O) groups is 1. The molecule has 0 saturated heterocycles. The number of rotatable bonds is 5. The SMILES string of the molecule is CCC(C)NC(=O)CSc1nncc(=O)[nH]1.